The van der Waals surface area contributed by atoms with Crippen molar-refractivity contribution in [3.63, 3.8) is 0 Å². The normalized spacial score (nSPS) is 12.1. The van der Waals surface area contributed by atoms with Crippen molar-refractivity contribution >= 4 is 23.1 Å². The Hall–Kier alpha value is -3.74. The third-order valence-electron chi connectivity index (χ3n) is 4.62. The van der Waals surface area contributed by atoms with E-state index in [4.69, 9.17) is 5.26 Å². The van der Waals surface area contributed by atoms with E-state index in [1.165, 1.54) is 0 Å². The van der Waals surface area contributed by atoms with Crippen molar-refractivity contribution in [2.24, 2.45) is 0 Å². The molecule has 0 saturated carbocycles. The quantitative estimate of drug-likeness (QED) is 0.532. The molecular formula is C25H18N2O. The van der Waals surface area contributed by atoms with E-state index in [9.17, 15) is 5.11 Å². The second-order valence-corrected chi connectivity index (χ2v) is 6.57. The van der Waals surface area contributed by atoms with Crippen LogP contribution < -0.4 is 0 Å². The van der Waals surface area contributed by atoms with Crippen LogP contribution in [-0.4, -0.2) is 10.1 Å². The van der Waals surface area contributed by atoms with Crippen LogP contribution in [0.5, 0.6) is 0 Å². The van der Waals surface area contributed by atoms with Crippen molar-refractivity contribution in [3.05, 3.63) is 113 Å². The highest BCUT2D eigenvalue weighted by Gasteiger charge is 2.11. The first-order valence-corrected chi connectivity index (χ1v) is 9.05. The molecule has 0 fully saturated rings. The van der Waals surface area contributed by atoms with E-state index in [0.29, 0.717) is 11.1 Å². The number of nitrogens with zero attached hydrogens (tertiary/aromatic N) is 2. The van der Waals surface area contributed by atoms with Crippen molar-refractivity contribution in [2.45, 2.75) is 6.10 Å². The van der Waals surface area contributed by atoms with E-state index in [0.717, 1.165) is 27.7 Å². The van der Waals surface area contributed by atoms with Gasteiger partial charge in [0.15, 0.2) is 0 Å². The van der Waals surface area contributed by atoms with Gasteiger partial charge in [0, 0.05) is 5.39 Å². The number of aliphatic hydroxyl groups is 1. The highest BCUT2D eigenvalue weighted by molar-refractivity contribution is 5.80. The van der Waals surface area contributed by atoms with Gasteiger partial charge in [-0.2, -0.15) is 5.26 Å². The van der Waals surface area contributed by atoms with Crippen molar-refractivity contribution < 1.29 is 5.11 Å². The molecule has 1 N–H and O–H groups in total. The minimum atomic E-state index is -0.777. The lowest BCUT2D eigenvalue weighted by Crippen LogP contribution is -2.00. The Balaban J connectivity index is 1.59. The fourth-order valence-electron chi connectivity index (χ4n) is 3.16. The van der Waals surface area contributed by atoms with E-state index in [-0.39, 0.29) is 0 Å². The maximum Gasteiger partial charge on any atom is 0.104 e. The predicted molar refractivity (Wildman–Crippen MR) is 112 cm³/mol. The number of rotatable bonds is 4. The van der Waals surface area contributed by atoms with Crippen LogP contribution in [-0.2, 0) is 0 Å². The van der Waals surface area contributed by atoms with Crippen LogP contribution in [0.2, 0.25) is 0 Å². The second kappa shape index (κ2) is 7.87. The molecule has 4 aromatic rings. The fraction of sp³-hybridized carbons (Fsp3) is 0.0400. The van der Waals surface area contributed by atoms with E-state index in [1.807, 2.05) is 72.8 Å². The third kappa shape index (κ3) is 3.83. The Morgan fingerprint density at radius 3 is 2.46 bits per heavy atom. The summed E-state index contributed by atoms with van der Waals surface area (Å²) in [6.07, 6.45) is 3.17. The minimum Gasteiger partial charge on any atom is -0.384 e. The molecule has 1 heterocycles. The van der Waals surface area contributed by atoms with Gasteiger partial charge < -0.3 is 5.11 Å². The Morgan fingerprint density at radius 1 is 0.821 bits per heavy atom. The van der Waals surface area contributed by atoms with Crippen molar-refractivity contribution in [2.75, 3.05) is 0 Å². The molecule has 3 aromatic carbocycles. The number of para-hydroxylation sites is 1. The van der Waals surface area contributed by atoms with Gasteiger partial charge in [0.25, 0.3) is 0 Å². The summed E-state index contributed by atoms with van der Waals surface area (Å²) < 4.78 is 0. The summed E-state index contributed by atoms with van der Waals surface area (Å²) >= 11 is 0. The fourth-order valence-corrected chi connectivity index (χ4v) is 3.16. The van der Waals surface area contributed by atoms with Gasteiger partial charge in [0.05, 0.1) is 22.8 Å². The van der Waals surface area contributed by atoms with Crippen LogP contribution in [0, 0.1) is 11.3 Å². The number of aliphatic hydroxyl groups excluding tert-OH is 1. The second-order valence-electron chi connectivity index (χ2n) is 6.57. The van der Waals surface area contributed by atoms with Gasteiger partial charge >= 0.3 is 0 Å². The van der Waals surface area contributed by atoms with Crippen molar-refractivity contribution in [1.82, 2.24) is 4.98 Å². The number of hydrogen-bond donors (Lipinski definition) is 1. The molecule has 0 aliphatic heterocycles. The van der Waals surface area contributed by atoms with E-state index < -0.39 is 6.10 Å². The molecule has 28 heavy (non-hydrogen) atoms. The molecule has 0 amide bonds. The largest absolute Gasteiger partial charge is 0.384 e. The monoisotopic (exact) mass is 362 g/mol. The van der Waals surface area contributed by atoms with Crippen LogP contribution in [0.4, 0.5) is 0 Å². The molecule has 0 aliphatic carbocycles. The van der Waals surface area contributed by atoms with E-state index >= 15 is 0 Å². The summed E-state index contributed by atoms with van der Waals surface area (Å²) in [5.74, 6) is 0. The van der Waals surface area contributed by atoms with Crippen LogP contribution in [0.1, 0.15) is 34.1 Å². The lowest BCUT2D eigenvalue weighted by molar-refractivity contribution is 0.220. The number of fused-ring (bicyclic) bond motifs is 1. The lowest BCUT2D eigenvalue weighted by atomic mass is 9.98. The summed E-state index contributed by atoms with van der Waals surface area (Å²) in [6, 6.07) is 29.0. The zero-order valence-corrected chi connectivity index (χ0v) is 15.2. The van der Waals surface area contributed by atoms with Crippen LogP contribution in [0.15, 0.2) is 84.9 Å². The number of nitriles is 1. The third-order valence-corrected chi connectivity index (χ3v) is 4.62. The maximum atomic E-state index is 10.7. The Labute approximate surface area is 163 Å². The summed E-state index contributed by atoms with van der Waals surface area (Å²) in [4.78, 5) is 4.65. The molecule has 134 valence electrons. The van der Waals surface area contributed by atoms with Gasteiger partial charge in [-0.1, -0.05) is 60.7 Å². The topological polar surface area (TPSA) is 56.9 Å². The summed E-state index contributed by atoms with van der Waals surface area (Å²) in [5, 5.41) is 20.9. The molecule has 1 unspecified atom stereocenters. The Morgan fingerprint density at radius 2 is 1.61 bits per heavy atom. The summed E-state index contributed by atoms with van der Waals surface area (Å²) in [6.45, 7) is 0. The van der Waals surface area contributed by atoms with Gasteiger partial charge in [0.2, 0.25) is 0 Å². The molecule has 0 aliphatic rings. The standard InChI is InChI=1S/C25H18N2O/c26-17-19-6-4-9-22(16-19)25(28)21-8-3-5-18(15-21)11-13-23-14-12-20-7-1-2-10-24(20)27-23/h1-16,25,28H. The smallest absolute Gasteiger partial charge is 0.104 e. The van der Waals surface area contributed by atoms with Gasteiger partial charge in [-0.3, -0.25) is 0 Å². The zero-order chi connectivity index (χ0) is 19.3. The van der Waals surface area contributed by atoms with Gasteiger partial charge in [0.1, 0.15) is 6.10 Å². The summed E-state index contributed by atoms with van der Waals surface area (Å²) in [7, 11) is 0. The number of pyridine rings is 1. The first kappa shape index (κ1) is 17.7. The number of aromatic nitrogens is 1. The molecule has 1 aromatic heterocycles. The summed E-state index contributed by atoms with van der Waals surface area (Å²) in [5.41, 5.74) is 4.84. The molecule has 4 rings (SSSR count). The lowest BCUT2D eigenvalue weighted by Gasteiger charge is -2.12. The SMILES string of the molecule is N#Cc1cccc(C(O)c2cccc(C=Cc3ccc4ccccc4n3)c2)c1. The van der Waals surface area contributed by atoms with Crippen LogP contribution >= 0.6 is 0 Å². The molecule has 0 radical (unpaired) electrons. The maximum absolute atomic E-state index is 10.7. The molecule has 0 spiro atoms. The van der Waals surface area contributed by atoms with Gasteiger partial charge in [-0.25, -0.2) is 4.98 Å². The Kier molecular flexibility index (Phi) is 4.97. The van der Waals surface area contributed by atoms with Crippen LogP contribution in [0.25, 0.3) is 23.1 Å². The first-order chi connectivity index (χ1) is 13.7. The highest BCUT2D eigenvalue weighted by atomic mass is 16.3. The number of hydrogen-bond acceptors (Lipinski definition) is 3. The molecule has 3 heteroatoms. The molecular weight excluding hydrogens is 344 g/mol. The van der Waals surface area contributed by atoms with E-state index in [1.54, 1.807) is 18.2 Å². The molecule has 0 bridgehead atoms. The molecule has 1 atom stereocenters. The highest BCUT2D eigenvalue weighted by Crippen LogP contribution is 2.24. The van der Waals surface area contributed by atoms with Crippen molar-refractivity contribution in [3.8, 4) is 6.07 Å². The minimum absolute atomic E-state index is 0.537. The average molecular weight is 362 g/mol. The number of benzene rings is 3. The predicted octanol–water partition coefficient (Wildman–Crippen LogP) is 5.36. The molecule has 3 nitrogen and oxygen atoms in total. The molecule has 0 saturated heterocycles. The first-order valence-electron chi connectivity index (χ1n) is 9.05. The van der Waals surface area contributed by atoms with Crippen molar-refractivity contribution in [1.29, 1.82) is 5.26 Å². The zero-order valence-electron chi connectivity index (χ0n) is 15.2. The van der Waals surface area contributed by atoms with Gasteiger partial charge in [-0.05, 0) is 53.1 Å². The van der Waals surface area contributed by atoms with E-state index in [2.05, 4.69) is 17.1 Å². The van der Waals surface area contributed by atoms with Crippen LogP contribution in [0.3, 0.4) is 0 Å². The van der Waals surface area contributed by atoms with Gasteiger partial charge in [-0.15, -0.1) is 0 Å². The average Bonchev–Trinajstić information content (AvgIpc) is 2.77. The Bertz CT molecular complexity index is 1200.